The topological polar surface area (TPSA) is 58.6 Å². The number of nitrogens with one attached hydrogen (secondary N) is 1. The summed E-state index contributed by atoms with van der Waals surface area (Å²) in [5, 5.41) is 3.01. The van der Waals surface area contributed by atoms with Crippen molar-refractivity contribution in [2.24, 2.45) is 0 Å². The molecule has 1 saturated heterocycles. The zero-order valence-corrected chi connectivity index (χ0v) is 17.1. The molecule has 0 aliphatic carbocycles. The molecule has 0 aromatic heterocycles. The summed E-state index contributed by atoms with van der Waals surface area (Å²) < 4.78 is 5.59. The van der Waals surface area contributed by atoms with Gasteiger partial charge in [-0.05, 0) is 61.6 Å². The molecular weight excluding hydrogens is 364 g/mol. The smallest absolute Gasteiger partial charge is 0.258 e. The highest BCUT2D eigenvalue weighted by molar-refractivity contribution is 5.91. The van der Waals surface area contributed by atoms with Gasteiger partial charge < -0.3 is 15.0 Å². The van der Waals surface area contributed by atoms with Crippen molar-refractivity contribution in [1.82, 2.24) is 10.2 Å². The van der Waals surface area contributed by atoms with E-state index in [2.05, 4.69) is 5.32 Å². The Kier molecular flexibility index (Phi) is 7.06. The monoisotopic (exact) mass is 392 g/mol. The van der Waals surface area contributed by atoms with Crippen LogP contribution in [0.3, 0.4) is 0 Å². The van der Waals surface area contributed by atoms with E-state index < -0.39 is 0 Å². The van der Waals surface area contributed by atoms with Gasteiger partial charge in [0.2, 0.25) is 5.91 Å². The van der Waals surface area contributed by atoms with E-state index in [9.17, 15) is 9.59 Å². The van der Waals surface area contributed by atoms with Gasteiger partial charge in [0.05, 0.1) is 0 Å². The summed E-state index contributed by atoms with van der Waals surface area (Å²) >= 11 is 0. The van der Waals surface area contributed by atoms with Gasteiger partial charge >= 0.3 is 0 Å². The fourth-order valence-corrected chi connectivity index (χ4v) is 3.30. The van der Waals surface area contributed by atoms with Crippen LogP contribution in [-0.4, -0.2) is 42.5 Å². The highest BCUT2D eigenvalue weighted by atomic mass is 16.5. The van der Waals surface area contributed by atoms with Crippen molar-refractivity contribution in [1.29, 1.82) is 0 Å². The Labute approximate surface area is 172 Å². The largest absolute Gasteiger partial charge is 0.484 e. The molecule has 5 nitrogen and oxygen atoms in total. The molecule has 1 fully saturated rings. The Hall–Kier alpha value is -3.08. The maximum Gasteiger partial charge on any atom is 0.258 e. The number of aryl methyl sites for hydroxylation is 2. The van der Waals surface area contributed by atoms with Crippen molar-refractivity contribution in [3.05, 3.63) is 71.3 Å². The molecule has 0 atom stereocenters. The molecule has 0 bridgehead atoms. The molecule has 5 heteroatoms. The number of hydrogen-bond donors (Lipinski definition) is 1. The third-order valence-corrected chi connectivity index (χ3v) is 5.24. The molecule has 1 aliphatic rings. The van der Waals surface area contributed by atoms with E-state index in [0.29, 0.717) is 18.8 Å². The van der Waals surface area contributed by atoms with Crippen LogP contribution in [0.4, 0.5) is 0 Å². The Morgan fingerprint density at radius 2 is 1.79 bits per heavy atom. The first kappa shape index (κ1) is 20.6. The van der Waals surface area contributed by atoms with Crippen molar-refractivity contribution in [2.45, 2.75) is 32.7 Å². The molecule has 29 heavy (non-hydrogen) atoms. The van der Waals surface area contributed by atoms with Gasteiger partial charge in [-0.25, -0.2) is 0 Å². The lowest BCUT2D eigenvalue weighted by molar-refractivity contribution is -0.127. The van der Waals surface area contributed by atoms with Crippen LogP contribution in [0.15, 0.2) is 54.6 Å². The Bertz CT molecular complexity index is 869. The fourth-order valence-electron chi connectivity index (χ4n) is 3.30. The number of carbonyl (C=O) groups excluding carboxylic acids is 2. The van der Waals surface area contributed by atoms with Gasteiger partial charge in [0.1, 0.15) is 5.75 Å². The van der Waals surface area contributed by atoms with Crippen LogP contribution >= 0.6 is 0 Å². The van der Waals surface area contributed by atoms with Gasteiger partial charge in [-0.2, -0.15) is 0 Å². The Morgan fingerprint density at radius 3 is 2.48 bits per heavy atom. The van der Waals surface area contributed by atoms with E-state index in [4.69, 9.17) is 4.74 Å². The minimum Gasteiger partial charge on any atom is -0.484 e. The van der Waals surface area contributed by atoms with Gasteiger partial charge in [-0.15, -0.1) is 0 Å². The van der Waals surface area contributed by atoms with E-state index >= 15 is 0 Å². The van der Waals surface area contributed by atoms with Crippen LogP contribution in [0.25, 0.3) is 6.08 Å². The number of piperidine rings is 1. The number of amides is 2. The number of ether oxygens (including phenoxy) is 1. The van der Waals surface area contributed by atoms with Gasteiger partial charge in [-0.3, -0.25) is 9.59 Å². The first-order chi connectivity index (χ1) is 14.0. The van der Waals surface area contributed by atoms with Crippen LogP contribution in [0.1, 0.15) is 29.5 Å². The second kappa shape index (κ2) is 9.92. The lowest BCUT2D eigenvalue weighted by Gasteiger charge is -2.31. The molecular formula is C24H28N2O3. The molecule has 2 amide bonds. The van der Waals surface area contributed by atoms with Crippen molar-refractivity contribution in [2.75, 3.05) is 19.7 Å². The average molecular weight is 392 g/mol. The fraction of sp³-hybridized carbons (Fsp3) is 0.333. The van der Waals surface area contributed by atoms with Gasteiger partial charge in [-0.1, -0.05) is 36.4 Å². The highest BCUT2D eigenvalue weighted by Gasteiger charge is 2.22. The molecule has 1 aliphatic heterocycles. The SMILES string of the molecule is Cc1ccc(OCC(=O)NC2CCN(C(=O)/C=C/c3ccccc3)CC2)cc1C. The van der Waals surface area contributed by atoms with E-state index in [-0.39, 0.29) is 24.5 Å². The van der Waals surface area contributed by atoms with Crippen LogP contribution in [0.2, 0.25) is 0 Å². The average Bonchev–Trinajstić information content (AvgIpc) is 2.74. The molecule has 2 aromatic carbocycles. The molecule has 152 valence electrons. The lowest BCUT2D eigenvalue weighted by atomic mass is 10.0. The van der Waals surface area contributed by atoms with Gasteiger partial charge in [0, 0.05) is 25.2 Å². The molecule has 0 saturated carbocycles. The maximum absolute atomic E-state index is 12.3. The predicted molar refractivity (Wildman–Crippen MR) is 115 cm³/mol. The van der Waals surface area contributed by atoms with Crippen molar-refractivity contribution < 1.29 is 14.3 Å². The number of nitrogens with zero attached hydrogens (tertiary/aromatic N) is 1. The van der Waals surface area contributed by atoms with E-state index in [1.54, 1.807) is 6.08 Å². The number of carbonyl (C=O) groups is 2. The zero-order valence-electron chi connectivity index (χ0n) is 17.1. The van der Waals surface area contributed by atoms with Crippen molar-refractivity contribution >= 4 is 17.9 Å². The number of hydrogen-bond acceptors (Lipinski definition) is 3. The van der Waals surface area contributed by atoms with Crippen molar-refractivity contribution in [3.63, 3.8) is 0 Å². The minimum absolute atomic E-state index is 0.00145. The van der Waals surface area contributed by atoms with E-state index in [0.717, 1.165) is 24.0 Å². The van der Waals surface area contributed by atoms with Crippen LogP contribution in [-0.2, 0) is 9.59 Å². The molecule has 2 aromatic rings. The summed E-state index contributed by atoms with van der Waals surface area (Å²) in [5.74, 6) is 0.586. The Morgan fingerprint density at radius 1 is 1.07 bits per heavy atom. The maximum atomic E-state index is 12.3. The van der Waals surface area contributed by atoms with E-state index in [1.807, 2.05) is 73.4 Å². The minimum atomic E-state index is -0.128. The number of benzene rings is 2. The molecule has 0 unspecified atom stereocenters. The summed E-state index contributed by atoms with van der Waals surface area (Å²) in [6, 6.07) is 15.7. The lowest BCUT2D eigenvalue weighted by Crippen LogP contribution is -2.47. The van der Waals surface area contributed by atoms with Gasteiger partial charge in [0.25, 0.3) is 5.91 Å². The zero-order chi connectivity index (χ0) is 20.6. The summed E-state index contributed by atoms with van der Waals surface area (Å²) in [6.07, 6.45) is 4.95. The second-order valence-electron chi connectivity index (χ2n) is 7.45. The summed E-state index contributed by atoms with van der Waals surface area (Å²) in [5.41, 5.74) is 3.34. The van der Waals surface area contributed by atoms with Crippen LogP contribution in [0.5, 0.6) is 5.75 Å². The third kappa shape index (κ3) is 6.21. The first-order valence-corrected chi connectivity index (χ1v) is 10.0. The Balaban J connectivity index is 1.39. The van der Waals surface area contributed by atoms with Gasteiger partial charge in [0.15, 0.2) is 6.61 Å². The van der Waals surface area contributed by atoms with E-state index in [1.165, 1.54) is 5.56 Å². The van der Waals surface area contributed by atoms with Crippen LogP contribution < -0.4 is 10.1 Å². The van der Waals surface area contributed by atoms with Crippen molar-refractivity contribution in [3.8, 4) is 5.75 Å². The summed E-state index contributed by atoms with van der Waals surface area (Å²) in [4.78, 5) is 26.4. The number of likely N-dealkylation sites (tertiary alicyclic amines) is 1. The predicted octanol–water partition coefficient (Wildman–Crippen LogP) is 3.50. The molecule has 1 N–H and O–H groups in total. The first-order valence-electron chi connectivity index (χ1n) is 10.0. The molecule has 3 rings (SSSR count). The highest BCUT2D eigenvalue weighted by Crippen LogP contribution is 2.16. The standard InChI is InChI=1S/C24H28N2O3/c1-18-8-10-22(16-19(18)2)29-17-23(27)25-21-12-14-26(15-13-21)24(28)11-9-20-6-4-3-5-7-20/h3-11,16,21H,12-15,17H2,1-2H3,(H,25,27)/b11-9+. The van der Waals surface area contributed by atoms with Crippen LogP contribution in [0, 0.1) is 13.8 Å². The quantitative estimate of drug-likeness (QED) is 0.766. The third-order valence-electron chi connectivity index (χ3n) is 5.24. The number of rotatable bonds is 6. The molecule has 0 radical (unpaired) electrons. The normalized spacial score (nSPS) is 14.8. The summed E-state index contributed by atoms with van der Waals surface area (Å²) in [7, 11) is 0. The second-order valence-corrected chi connectivity index (χ2v) is 7.45. The molecule has 1 heterocycles. The molecule has 0 spiro atoms. The summed E-state index contributed by atoms with van der Waals surface area (Å²) in [6.45, 7) is 5.34.